The number of aromatic nitrogens is 1. The van der Waals surface area contributed by atoms with Crippen molar-refractivity contribution in [3.05, 3.63) is 17.3 Å². The summed E-state index contributed by atoms with van der Waals surface area (Å²) >= 11 is 0. The fourth-order valence-corrected chi connectivity index (χ4v) is 1.79. The van der Waals surface area contributed by atoms with E-state index in [9.17, 15) is 5.11 Å². The van der Waals surface area contributed by atoms with Crippen LogP contribution in [0.15, 0.2) is 6.07 Å². The van der Waals surface area contributed by atoms with Gasteiger partial charge in [0, 0.05) is 11.8 Å². The molecular weight excluding hydrogens is 154 g/mol. The maximum atomic E-state index is 9.39. The maximum Gasteiger partial charge on any atom is 0.199 e. The molecule has 0 fully saturated rings. The molecule has 64 valence electrons. The number of hydrogen-bond acceptors (Lipinski definition) is 2. The second kappa shape index (κ2) is 2.27. The molecule has 0 bridgehead atoms. The van der Waals surface area contributed by atoms with Crippen LogP contribution in [0, 0.1) is 5.41 Å². The van der Waals surface area contributed by atoms with Crippen molar-refractivity contribution in [2.75, 3.05) is 0 Å². The summed E-state index contributed by atoms with van der Waals surface area (Å²) in [6.45, 7) is 0. The third kappa shape index (κ3) is 0.809. The summed E-state index contributed by atoms with van der Waals surface area (Å²) in [5.74, 6) is -0.0112. The zero-order valence-electron chi connectivity index (χ0n) is 6.67. The van der Waals surface area contributed by atoms with Gasteiger partial charge in [-0.05, 0) is 24.8 Å². The van der Waals surface area contributed by atoms with E-state index in [0.717, 1.165) is 30.5 Å². The molecule has 0 radical (unpaired) electrons. The molecule has 2 rings (SSSR count). The summed E-state index contributed by atoms with van der Waals surface area (Å²) in [6.07, 6.45) is 3.00. The molecule has 0 aromatic carbocycles. The lowest BCUT2D eigenvalue weighted by molar-refractivity contribution is 0.443. The number of nitrogens with one attached hydrogen (secondary N) is 1. The first-order valence-electron chi connectivity index (χ1n) is 3.97. The summed E-state index contributed by atoms with van der Waals surface area (Å²) in [5.41, 5.74) is 7.45. The largest absolute Gasteiger partial charge is 0.494 e. The third-order valence-electron chi connectivity index (χ3n) is 2.27. The highest BCUT2D eigenvalue weighted by molar-refractivity contribution is 5.80. The van der Waals surface area contributed by atoms with Crippen molar-refractivity contribution in [2.24, 2.45) is 5.73 Å². The third-order valence-corrected chi connectivity index (χ3v) is 2.27. The standard InChI is InChI=1S/C8H11N3O/c9-8(10)11-6-3-1-2-5(6)4-7(11)12/h4,12H,1-3H2,(H3,9,10). The van der Waals surface area contributed by atoms with Gasteiger partial charge < -0.3 is 10.8 Å². The summed E-state index contributed by atoms with van der Waals surface area (Å²) < 4.78 is 1.41. The van der Waals surface area contributed by atoms with Gasteiger partial charge in [-0.1, -0.05) is 0 Å². The molecule has 0 saturated carbocycles. The molecule has 1 heterocycles. The van der Waals surface area contributed by atoms with E-state index in [-0.39, 0.29) is 11.8 Å². The predicted octanol–water partition coefficient (Wildman–Crippen LogP) is 0.424. The second-order valence-corrected chi connectivity index (χ2v) is 3.05. The molecule has 1 aliphatic rings. The molecule has 1 aromatic rings. The molecule has 4 heteroatoms. The Kier molecular flexibility index (Phi) is 1.36. The summed E-state index contributed by atoms with van der Waals surface area (Å²) in [4.78, 5) is 0. The Balaban J connectivity index is 2.59. The van der Waals surface area contributed by atoms with Crippen LogP contribution in [-0.2, 0) is 12.8 Å². The first-order chi connectivity index (χ1) is 5.70. The molecule has 4 N–H and O–H groups in total. The van der Waals surface area contributed by atoms with Crippen LogP contribution in [0.25, 0.3) is 0 Å². The SMILES string of the molecule is N=C(N)n1c(O)cc2c1CCC2. The molecule has 4 nitrogen and oxygen atoms in total. The van der Waals surface area contributed by atoms with Gasteiger partial charge in [0.15, 0.2) is 11.8 Å². The van der Waals surface area contributed by atoms with Crippen LogP contribution in [0.5, 0.6) is 5.88 Å². The van der Waals surface area contributed by atoms with Crippen molar-refractivity contribution in [1.29, 1.82) is 5.41 Å². The Morgan fingerprint density at radius 3 is 3.00 bits per heavy atom. The molecule has 1 aliphatic carbocycles. The monoisotopic (exact) mass is 165 g/mol. The van der Waals surface area contributed by atoms with Gasteiger partial charge in [0.05, 0.1) is 0 Å². The van der Waals surface area contributed by atoms with E-state index in [1.165, 1.54) is 4.57 Å². The van der Waals surface area contributed by atoms with Gasteiger partial charge in [-0.2, -0.15) is 0 Å². The second-order valence-electron chi connectivity index (χ2n) is 3.05. The molecule has 1 aromatic heterocycles. The van der Waals surface area contributed by atoms with Crippen molar-refractivity contribution in [1.82, 2.24) is 4.57 Å². The molecule has 0 saturated heterocycles. The topological polar surface area (TPSA) is 75.0 Å². The Hall–Kier alpha value is -1.45. The quantitative estimate of drug-likeness (QED) is 0.385. The smallest absolute Gasteiger partial charge is 0.199 e. The number of nitrogens with two attached hydrogens (primary N) is 1. The Morgan fingerprint density at radius 1 is 1.58 bits per heavy atom. The Bertz CT molecular complexity index is 340. The lowest BCUT2D eigenvalue weighted by Gasteiger charge is -2.04. The zero-order chi connectivity index (χ0) is 8.72. The minimum absolute atomic E-state index is 0.0900. The van der Waals surface area contributed by atoms with Crippen LogP contribution in [0.4, 0.5) is 0 Å². The van der Waals surface area contributed by atoms with Crippen LogP contribution < -0.4 is 5.73 Å². The van der Waals surface area contributed by atoms with Crippen LogP contribution in [0.1, 0.15) is 17.7 Å². The Morgan fingerprint density at radius 2 is 2.33 bits per heavy atom. The average molecular weight is 165 g/mol. The van der Waals surface area contributed by atoms with Crippen LogP contribution in [0.3, 0.4) is 0 Å². The van der Waals surface area contributed by atoms with Gasteiger partial charge in [0.25, 0.3) is 0 Å². The molecule has 0 amide bonds. The van der Waals surface area contributed by atoms with Crippen molar-refractivity contribution in [3.8, 4) is 5.88 Å². The number of fused-ring (bicyclic) bond motifs is 1. The minimum Gasteiger partial charge on any atom is -0.494 e. The molecular formula is C8H11N3O. The summed E-state index contributed by atoms with van der Waals surface area (Å²) in [7, 11) is 0. The minimum atomic E-state index is -0.101. The van der Waals surface area contributed by atoms with Gasteiger partial charge in [-0.3, -0.25) is 9.98 Å². The van der Waals surface area contributed by atoms with E-state index < -0.39 is 0 Å². The van der Waals surface area contributed by atoms with E-state index >= 15 is 0 Å². The summed E-state index contributed by atoms with van der Waals surface area (Å²) in [5, 5.41) is 16.6. The molecule has 0 unspecified atom stereocenters. The first-order valence-corrected chi connectivity index (χ1v) is 3.97. The summed E-state index contributed by atoms with van der Waals surface area (Å²) in [6, 6.07) is 1.70. The normalized spacial score (nSPS) is 14.7. The fourth-order valence-electron chi connectivity index (χ4n) is 1.79. The number of rotatable bonds is 0. The number of nitrogen functional groups attached to an aromatic ring is 1. The number of aromatic hydroxyl groups is 1. The van der Waals surface area contributed by atoms with Crippen molar-refractivity contribution < 1.29 is 5.11 Å². The van der Waals surface area contributed by atoms with Crippen LogP contribution in [0.2, 0.25) is 0 Å². The zero-order valence-corrected chi connectivity index (χ0v) is 6.67. The van der Waals surface area contributed by atoms with E-state index in [2.05, 4.69) is 0 Å². The molecule has 0 aliphatic heterocycles. The average Bonchev–Trinajstić information content (AvgIpc) is 2.44. The maximum absolute atomic E-state index is 9.39. The fraction of sp³-hybridized carbons (Fsp3) is 0.375. The van der Waals surface area contributed by atoms with Gasteiger partial charge in [-0.15, -0.1) is 0 Å². The number of aryl methyl sites for hydroxylation is 1. The highest BCUT2D eigenvalue weighted by atomic mass is 16.3. The Labute approximate surface area is 70.1 Å². The van der Waals surface area contributed by atoms with Crippen molar-refractivity contribution in [3.63, 3.8) is 0 Å². The van der Waals surface area contributed by atoms with Gasteiger partial charge in [-0.25, -0.2) is 0 Å². The van der Waals surface area contributed by atoms with E-state index in [1.807, 2.05) is 0 Å². The van der Waals surface area contributed by atoms with Gasteiger partial charge >= 0.3 is 0 Å². The van der Waals surface area contributed by atoms with Crippen molar-refractivity contribution >= 4 is 5.96 Å². The highest BCUT2D eigenvalue weighted by Gasteiger charge is 2.20. The van der Waals surface area contributed by atoms with Crippen LogP contribution in [-0.4, -0.2) is 15.6 Å². The molecule has 0 atom stereocenters. The lowest BCUT2D eigenvalue weighted by Crippen LogP contribution is -2.21. The van der Waals surface area contributed by atoms with Gasteiger partial charge in [0.2, 0.25) is 0 Å². The molecule has 12 heavy (non-hydrogen) atoms. The predicted molar refractivity (Wildman–Crippen MR) is 45.4 cm³/mol. The van der Waals surface area contributed by atoms with E-state index in [4.69, 9.17) is 11.1 Å². The van der Waals surface area contributed by atoms with Crippen molar-refractivity contribution in [2.45, 2.75) is 19.3 Å². The number of hydrogen-bond donors (Lipinski definition) is 3. The van der Waals surface area contributed by atoms with Gasteiger partial charge in [0.1, 0.15) is 0 Å². The molecule has 0 spiro atoms. The van der Waals surface area contributed by atoms with E-state index in [1.54, 1.807) is 6.07 Å². The number of nitrogens with zero attached hydrogens (tertiary/aromatic N) is 1. The highest BCUT2D eigenvalue weighted by Crippen LogP contribution is 2.28. The first kappa shape index (κ1) is 7.21. The lowest BCUT2D eigenvalue weighted by atomic mass is 10.3. The van der Waals surface area contributed by atoms with Crippen LogP contribution >= 0.6 is 0 Å². The van der Waals surface area contributed by atoms with E-state index in [0.29, 0.717) is 0 Å².